The summed E-state index contributed by atoms with van der Waals surface area (Å²) in [6.07, 6.45) is 0. The van der Waals surface area contributed by atoms with Gasteiger partial charge in [0.05, 0.1) is 6.54 Å². The Labute approximate surface area is 103 Å². The van der Waals surface area contributed by atoms with Gasteiger partial charge in [0.15, 0.2) is 0 Å². The van der Waals surface area contributed by atoms with Crippen molar-refractivity contribution in [2.24, 2.45) is 0 Å². The number of nitrogens with one attached hydrogen (secondary N) is 2. The number of rotatable bonds is 4. The number of nitrogen functional groups attached to an aromatic ring is 1. The third-order valence-electron chi connectivity index (χ3n) is 2.09. The molecule has 0 saturated carbocycles. The van der Waals surface area contributed by atoms with E-state index in [1.165, 1.54) is 0 Å². The van der Waals surface area contributed by atoms with E-state index >= 15 is 0 Å². The topological polar surface area (TPSA) is 88.8 Å². The molecule has 0 aliphatic heterocycles. The molecule has 2 heterocycles. The molecule has 0 fully saturated rings. The molecule has 7 heteroatoms. The molecule has 2 rings (SSSR count). The van der Waals surface area contributed by atoms with E-state index in [0.29, 0.717) is 18.2 Å². The molecule has 2 aromatic rings. The minimum atomic E-state index is 0.245. The number of thiazole rings is 1. The van der Waals surface area contributed by atoms with Gasteiger partial charge in [-0.2, -0.15) is 9.97 Å². The van der Waals surface area contributed by atoms with Crippen molar-refractivity contribution in [2.75, 3.05) is 23.4 Å². The van der Waals surface area contributed by atoms with Gasteiger partial charge in [-0.3, -0.25) is 0 Å². The maximum absolute atomic E-state index is 5.59. The van der Waals surface area contributed by atoms with E-state index in [-0.39, 0.29) is 5.95 Å². The Balaban J connectivity index is 2.05. The quantitative estimate of drug-likeness (QED) is 0.761. The van der Waals surface area contributed by atoms with Gasteiger partial charge in [0, 0.05) is 24.2 Å². The fraction of sp³-hybridized carbons (Fsp3) is 0.300. The van der Waals surface area contributed by atoms with Crippen molar-refractivity contribution in [1.29, 1.82) is 0 Å². The highest BCUT2D eigenvalue weighted by molar-refractivity contribution is 7.09. The Bertz CT molecular complexity index is 509. The van der Waals surface area contributed by atoms with E-state index in [9.17, 15) is 0 Å². The monoisotopic (exact) mass is 250 g/mol. The van der Waals surface area contributed by atoms with E-state index in [0.717, 1.165) is 10.7 Å². The number of hydrogen-bond acceptors (Lipinski definition) is 7. The van der Waals surface area contributed by atoms with Crippen molar-refractivity contribution in [3.8, 4) is 0 Å². The number of nitrogens with zero attached hydrogens (tertiary/aromatic N) is 3. The highest BCUT2D eigenvalue weighted by Gasteiger charge is 2.02. The summed E-state index contributed by atoms with van der Waals surface area (Å²) in [4.78, 5) is 12.5. The average Bonchev–Trinajstić information content (AvgIpc) is 2.72. The van der Waals surface area contributed by atoms with Crippen LogP contribution >= 0.6 is 11.3 Å². The van der Waals surface area contributed by atoms with Gasteiger partial charge in [-0.1, -0.05) is 0 Å². The lowest BCUT2D eigenvalue weighted by molar-refractivity contribution is 1.05. The highest BCUT2D eigenvalue weighted by Crippen LogP contribution is 2.14. The molecule has 0 radical (unpaired) electrons. The van der Waals surface area contributed by atoms with E-state index in [2.05, 4.69) is 25.6 Å². The molecule has 0 aliphatic rings. The molecule has 2 aromatic heterocycles. The largest absolute Gasteiger partial charge is 0.373 e. The second-order valence-corrected chi connectivity index (χ2v) is 4.43. The van der Waals surface area contributed by atoms with Crippen LogP contribution in [0.25, 0.3) is 0 Å². The summed E-state index contributed by atoms with van der Waals surface area (Å²) in [6, 6.07) is 1.80. The van der Waals surface area contributed by atoms with Crippen LogP contribution in [0.5, 0.6) is 0 Å². The summed E-state index contributed by atoms with van der Waals surface area (Å²) in [6.45, 7) is 2.61. The van der Waals surface area contributed by atoms with Crippen molar-refractivity contribution in [2.45, 2.75) is 13.5 Å². The van der Waals surface area contributed by atoms with Crippen LogP contribution in [-0.4, -0.2) is 22.0 Å². The fourth-order valence-electron chi connectivity index (χ4n) is 1.33. The summed E-state index contributed by atoms with van der Waals surface area (Å²) in [5.74, 6) is 1.62. The van der Waals surface area contributed by atoms with Crippen molar-refractivity contribution in [3.63, 3.8) is 0 Å². The van der Waals surface area contributed by atoms with E-state index in [1.54, 1.807) is 24.5 Å². The Morgan fingerprint density at radius 3 is 2.71 bits per heavy atom. The number of anilines is 3. The van der Waals surface area contributed by atoms with Gasteiger partial charge in [-0.25, -0.2) is 4.98 Å². The van der Waals surface area contributed by atoms with Crippen LogP contribution in [0.1, 0.15) is 10.7 Å². The second kappa shape index (κ2) is 4.96. The lowest BCUT2D eigenvalue weighted by Gasteiger charge is -2.06. The molecule has 6 nitrogen and oxygen atoms in total. The Morgan fingerprint density at radius 2 is 2.06 bits per heavy atom. The van der Waals surface area contributed by atoms with Crippen LogP contribution in [-0.2, 0) is 6.54 Å². The van der Waals surface area contributed by atoms with E-state index in [1.807, 2.05) is 12.3 Å². The molecular weight excluding hydrogens is 236 g/mol. The maximum atomic E-state index is 5.59. The molecule has 4 N–H and O–H groups in total. The first kappa shape index (κ1) is 11.6. The number of hydrogen-bond donors (Lipinski definition) is 3. The Kier molecular flexibility index (Phi) is 3.38. The van der Waals surface area contributed by atoms with Gasteiger partial charge in [0.2, 0.25) is 5.95 Å². The zero-order valence-electron chi connectivity index (χ0n) is 9.69. The number of aryl methyl sites for hydroxylation is 1. The van der Waals surface area contributed by atoms with Crippen LogP contribution in [0.15, 0.2) is 11.4 Å². The molecule has 0 aromatic carbocycles. The molecule has 0 amide bonds. The highest BCUT2D eigenvalue weighted by atomic mass is 32.1. The molecule has 0 unspecified atom stereocenters. The predicted molar refractivity (Wildman–Crippen MR) is 70.2 cm³/mol. The third kappa shape index (κ3) is 3.04. The van der Waals surface area contributed by atoms with Gasteiger partial charge < -0.3 is 16.4 Å². The average molecular weight is 250 g/mol. The first-order chi connectivity index (χ1) is 8.17. The third-order valence-corrected chi connectivity index (χ3v) is 3.05. The van der Waals surface area contributed by atoms with E-state index < -0.39 is 0 Å². The number of nitrogens with two attached hydrogens (primary N) is 1. The van der Waals surface area contributed by atoms with Gasteiger partial charge in [-0.15, -0.1) is 11.3 Å². The first-order valence-corrected chi connectivity index (χ1v) is 6.02. The van der Waals surface area contributed by atoms with Crippen LogP contribution in [0.3, 0.4) is 0 Å². The lowest BCUT2D eigenvalue weighted by atomic mass is 10.5. The van der Waals surface area contributed by atoms with Gasteiger partial charge in [0.1, 0.15) is 16.6 Å². The summed E-state index contributed by atoms with van der Waals surface area (Å²) in [5.41, 5.74) is 6.63. The van der Waals surface area contributed by atoms with Gasteiger partial charge in [-0.05, 0) is 6.92 Å². The summed E-state index contributed by atoms with van der Waals surface area (Å²) < 4.78 is 0. The molecular formula is C10H14N6S. The SMILES string of the molecule is CNc1cc(NCc2nc(C)cs2)nc(N)n1. The molecule has 0 atom stereocenters. The van der Waals surface area contributed by atoms with Gasteiger partial charge in [0.25, 0.3) is 0 Å². The predicted octanol–water partition coefficient (Wildman–Crippen LogP) is 1.48. The molecule has 0 spiro atoms. The summed E-state index contributed by atoms with van der Waals surface area (Å²) in [5, 5.41) is 9.13. The standard InChI is InChI=1S/C10H14N6S/c1-6-5-17-9(14-6)4-13-8-3-7(12-2)15-10(11)16-8/h3,5H,4H2,1-2H3,(H4,11,12,13,15,16). The second-order valence-electron chi connectivity index (χ2n) is 3.48. The molecule has 0 aliphatic carbocycles. The van der Waals surface area contributed by atoms with Crippen molar-refractivity contribution < 1.29 is 0 Å². The minimum absolute atomic E-state index is 0.245. The van der Waals surface area contributed by atoms with Crippen LogP contribution in [0.4, 0.5) is 17.6 Å². The Hall–Kier alpha value is -1.89. The zero-order chi connectivity index (χ0) is 12.3. The van der Waals surface area contributed by atoms with Crippen molar-refractivity contribution in [1.82, 2.24) is 15.0 Å². The van der Waals surface area contributed by atoms with Crippen LogP contribution in [0, 0.1) is 6.92 Å². The zero-order valence-corrected chi connectivity index (χ0v) is 10.5. The van der Waals surface area contributed by atoms with Crippen molar-refractivity contribution >= 4 is 28.9 Å². The van der Waals surface area contributed by atoms with Crippen molar-refractivity contribution in [3.05, 3.63) is 22.1 Å². The Morgan fingerprint density at radius 1 is 1.29 bits per heavy atom. The summed E-state index contributed by atoms with van der Waals surface area (Å²) >= 11 is 1.62. The number of aromatic nitrogens is 3. The lowest BCUT2D eigenvalue weighted by Crippen LogP contribution is -2.06. The fourth-order valence-corrected chi connectivity index (χ4v) is 2.05. The first-order valence-electron chi connectivity index (χ1n) is 5.14. The van der Waals surface area contributed by atoms with Crippen LogP contribution < -0.4 is 16.4 Å². The normalized spacial score (nSPS) is 10.2. The van der Waals surface area contributed by atoms with Gasteiger partial charge >= 0.3 is 0 Å². The summed E-state index contributed by atoms with van der Waals surface area (Å²) in [7, 11) is 1.79. The molecule has 0 bridgehead atoms. The molecule has 17 heavy (non-hydrogen) atoms. The molecule has 0 saturated heterocycles. The molecule has 90 valence electrons. The smallest absolute Gasteiger partial charge is 0.223 e. The maximum Gasteiger partial charge on any atom is 0.223 e. The minimum Gasteiger partial charge on any atom is -0.373 e. The van der Waals surface area contributed by atoms with Crippen LogP contribution in [0.2, 0.25) is 0 Å². The van der Waals surface area contributed by atoms with E-state index in [4.69, 9.17) is 5.73 Å².